The third kappa shape index (κ3) is 2.53. The third-order valence-corrected chi connectivity index (χ3v) is 4.12. The zero-order valence-corrected chi connectivity index (χ0v) is 12.3. The molecule has 0 aliphatic heterocycles. The Morgan fingerprint density at radius 3 is 2.39 bits per heavy atom. The minimum absolute atomic E-state index is 0.102. The van der Waals surface area contributed by atoms with Crippen LogP contribution in [-0.2, 0) is 6.42 Å². The summed E-state index contributed by atoms with van der Waals surface area (Å²) in [7, 11) is 0. The van der Waals surface area contributed by atoms with Gasteiger partial charge in [0.15, 0.2) is 0 Å². The van der Waals surface area contributed by atoms with Crippen LogP contribution in [-0.4, -0.2) is 9.97 Å². The van der Waals surface area contributed by atoms with E-state index in [1.807, 2.05) is 32.9 Å². The van der Waals surface area contributed by atoms with Crippen LogP contribution in [0.1, 0.15) is 23.7 Å². The van der Waals surface area contributed by atoms with E-state index in [1.165, 1.54) is 0 Å². The monoisotopic (exact) mass is 306 g/mol. The van der Waals surface area contributed by atoms with Crippen molar-refractivity contribution in [3.05, 3.63) is 49.8 Å². The van der Waals surface area contributed by atoms with Gasteiger partial charge in [0.2, 0.25) is 0 Å². The number of aryl methyl sites for hydroxylation is 3. The van der Waals surface area contributed by atoms with E-state index < -0.39 is 0 Å². The fourth-order valence-corrected chi connectivity index (χ4v) is 2.14. The number of aromatic amines is 1. The van der Waals surface area contributed by atoms with Gasteiger partial charge in [-0.2, -0.15) is 0 Å². The van der Waals surface area contributed by atoms with Crippen molar-refractivity contribution in [1.82, 2.24) is 9.97 Å². The van der Waals surface area contributed by atoms with Crippen molar-refractivity contribution in [2.45, 2.75) is 27.2 Å². The molecule has 18 heavy (non-hydrogen) atoms. The van der Waals surface area contributed by atoms with E-state index in [9.17, 15) is 4.79 Å². The summed E-state index contributed by atoms with van der Waals surface area (Å²) in [5, 5.41) is 0. The Morgan fingerprint density at radius 2 is 1.83 bits per heavy atom. The van der Waals surface area contributed by atoms with Gasteiger partial charge >= 0.3 is 0 Å². The number of hydrogen-bond acceptors (Lipinski definition) is 2. The van der Waals surface area contributed by atoms with E-state index in [0.717, 1.165) is 33.3 Å². The fraction of sp³-hybridized carbons (Fsp3) is 0.286. The summed E-state index contributed by atoms with van der Waals surface area (Å²) in [6.07, 6.45) is 0.755. The van der Waals surface area contributed by atoms with Gasteiger partial charge < -0.3 is 4.98 Å². The van der Waals surface area contributed by atoms with Gasteiger partial charge in [-0.25, -0.2) is 4.98 Å². The van der Waals surface area contributed by atoms with Crippen molar-refractivity contribution in [1.29, 1.82) is 0 Å². The molecule has 4 heteroatoms. The Kier molecular flexibility index (Phi) is 3.66. The number of hydrogen-bond donors (Lipinski definition) is 1. The highest BCUT2D eigenvalue weighted by atomic mass is 79.9. The Balaban J connectivity index is 2.62. The van der Waals surface area contributed by atoms with Crippen LogP contribution in [0.4, 0.5) is 0 Å². The quantitative estimate of drug-likeness (QED) is 0.924. The number of halogens is 1. The molecule has 0 unspecified atom stereocenters. The van der Waals surface area contributed by atoms with Crippen LogP contribution in [0.3, 0.4) is 0 Å². The maximum absolute atomic E-state index is 11.6. The summed E-state index contributed by atoms with van der Waals surface area (Å²) in [4.78, 5) is 18.8. The van der Waals surface area contributed by atoms with Crippen LogP contribution >= 0.6 is 15.9 Å². The molecule has 1 aromatic heterocycles. The summed E-state index contributed by atoms with van der Waals surface area (Å²) >= 11 is 3.54. The highest BCUT2D eigenvalue weighted by Crippen LogP contribution is 2.26. The molecule has 0 amide bonds. The molecule has 0 atom stereocenters. The van der Waals surface area contributed by atoms with Crippen LogP contribution in [0.5, 0.6) is 0 Å². The largest absolute Gasteiger partial charge is 0.307 e. The second-order valence-corrected chi connectivity index (χ2v) is 5.16. The van der Waals surface area contributed by atoms with Gasteiger partial charge in [-0.05, 0) is 43.5 Å². The predicted molar refractivity (Wildman–Crippen MR) is 76.8 cm³/mol. The molecule has 0 radical (unpaired) electrons. The zero-order chi connectivity index (χ0) is 13.3. The number of rotatable bonds is 2. The molecule has 3 nitrogen and oxygen atoms in total. The molecule has 1 aromatic carbocycles. The molecule has 2 aromatic rings. The Bertz CT molecular complexity index is 623. The first-order valence-corrected chi connectivity index (χ1v) is 6.68. The van der Waals surface area contributed by atoms with Crippen molar-refractivity contribution >= 4 is 15.9 Å². The van der Waals surface area contributed by atoms with Crippen LogP contribution in [0.25, 0.3) is 11.4 Å². The average molecular weight is 307 g/mol. The number of nitrogens with one attached hydrogen (secondary N) is 1. The van der Waals surface area contributed by atoms with Crippen LogP contribution in [0.2, 0.25) is 0 Å². The van der Waals surface area contributed by atoms with Gasteiger partial charge in [0.25, 0.3) is 5.56 Å². The Labute approximate surface area is 114 Å². The molecule has 0 spiro atoms. The molecule has 94 valence electrons. The number of H-pyrrole nitrogens is 1. The molecule has 1 N–H and O–H groups in total. The molecule has 0 aliphatic rings. The molecular formula is C14H15BrN2O. The van der Waals surface area contributed by atoms with Crippen molar-refractivity contribution in [3.8, 4) is 11.4 Å². The van der Waals surface area contributed by atoms with Crippen molar-refractivity contribution in [2.75, 3.05) is 0 Å². The highest BCUT2D eigenvalue weighted by molar-refractivity contribution is 9.10. The van der Waals surface area contributed by atoms with E-state index >= 15 is 0 Å². The Morgan fingerprint density at radius 1 is 1.22 bits per heavy atom. The summed E-state index contributed by atoms with van der Waals surface area (Å²) in [6.45, 7) is 6.05. The van der Waals surface area contributed by atoms with Crippen molar-refractivity contribution in [2.24, 2.45) is 0 Å². The van der Waals surface area contributed by atoms with Gasteiger partial charge in [-0.15, -0.1) is 0 Å². The first-order valence-electron chi connectivity index (χ1n) is 5.88. The van der Waals surface area contributed by atoms with Gasteiger partial charge in [-0.1, -0.05) is 22.9 Å². The van der Waals surface area contributed by atoms with Gasteiger partial charge in [0, 0.05) is 21.8 Å². The van der Waals surface area contributed by atoms with Crippen molar-refractivity contribution in [3.63, 3.8) is 0 Å². The molecule has 2 rings (SSSR count). The summed E-state index contributed by atoms with van der Waals surface area (Å²) < 4.78 is 1.10. The van der Waals surface area contributed by atoms with E-state index in [-0.39, 0.29) is 5.56 Å². The average Bonchev–Trinajstić information content (AvgIpc) is 2.34. The lowest BCUT2D eigenvalue weighted by Gasteiger charge is -2.08. The van der Waals surface area contributed by atoms with E-state index in [0.29, 0.717) is 5.82 Å². The smallest absolute Gasteiger partial charge is 0.251 e. The van der Waals surface area contributed by atoms with Gasteiger partial charge in [-0.3, -0.25) is 4.79 Å². The first kappa shape index (κ1) is 13.0. The standard InChI is InChI=1S/C14H15BrN2O/c1-4-11-7-12(18)17-14(16-11)10-5-8(2)13(15)9(3)6-10/h5-7H,4H2,1-3H3,(H,16,17,18). The van der Waals surface area contributed by atoms with Crippen molar-refractivity contribution < 1.29 is 0 Å². The van der Waals surface area contributed by atoms with Crippen LogP contribution < -0.4 is 5.56 Å². The second-order valence-electron chi connectivity index (χ2n) is 4.36. The maximum atomic E-state index is 11.6. The lowest BCUT2D eigenvalue weighted by molar-refractivity contribution is 0.986. The summed E-state index contributed by atoms with van der Waals surface area (Å²) in [5.74, 6) is 0.637. The normalized spacial score (nSPS) is 10.7. The third-order valence-electron chi connectivity index (χ3n) is 2.87. The summed E-state index contributed by atoms with van der Waals surface area (Å²) in [6, 6.07) is 5.59. The van der Waals surface area contributed by atoms with Gasteiger partial charge in [0.05, 0.1) is 0 Å². The minimum atomic E-state index is -0.102. The lowest BCUT2D eigenvalue weighted by atomic mass is 10.1. The number of nitrogens with zero attached hydrogens (tertiary/aromatic N) is 1. The SMILES string of the molecule is CCc1cc(=O)[nH]c(-c2cc(C)c(Br)c(C)c2)n1. The molecule has 1 heterocycles. The van der Waals surface area contributed by atoms with E-state index in [1.54, 1.807) is 6.07 Å². The van der Waals surface area contributed by atoms with E-state index in [4.69, 9.17) is 0 Å². The van der Waals surface area contributed by atoms with E-state index in [2.05, 4.69) is 25.9 Å². The number of aromatic nitrogens is 2. The topological polar surface area (TPSA) is 45.8 Å². The zero-order valence-electron chi connectivity index (χ0n) is 10.7. The molecule has 0 fully saturated rings. The predicted octanol–water partition coefficient (Wildman–Crippen LogP) is 3.38. The molecule has 0 bridgehead atoms. The maximum Gasteiger partial charge on any atom is 0.251 e. The molecule has 0 saturated heterocycles. The Hall–Kier alpha value is -1.42. The lowest BCUT2D eigenvalue weighted by Crippen LogP contribution is -2.10. The highest BCUT2D eigenvalue weighted by Gasteiger charge is 2.07. The minimum Gasteiger partial charge on any atom is -0.307 e. The molecule has 0 saturated carbocycles. The fourth-order valence-electron chi connectivity index (χ4n) is 1.91. The summed E-state index contributed by atoms with van der Waals surface area (Å²) in [5.41, 5.74) is 3.92. The van der Waals surface area contributed by atoms with Crippen LogP contribution in [0, 0.1) is 13.8 Å². The molecular weight excluding hydrogens is 292 g/mol. The number of benzene rings is 1. The van der Waals surface area contributed by atoms with Crippen LogP contribution in [0.15, 0.2) is 27.5 Å². The van der Waals surface area contributed by atoms with Gasteiger partial charge in [0.1, 0.15) is 5.82 Å². The molecule has 0 aliphatic carbocycles. The second kappa shape index (κ2) is 5.06. The first-order chi connectivity index (χ1) is 8.51.